The summed E-state index contributed by atoms with van der Waals surface area (Å²) in [7, 11) is 0. The quantitative estimate of drug-likeness (QED) is 0.617. The molecule has 1 aromatic carbocycles. The first-order chi connectivity index (χ1) is 12.3. The Bertz CT molecular complexity index is 493. The van der Waals surface area contributed by atoms with Crippen molar-refractivity contribution in [3.63, 3.8) is 0 Å². The lowest BCUT2D eigenvalue weighted by atomic mass is 10.3. The summed E-state index contributed by atoms with van der Waals surface area (Å²) in [6.07, 6.45) is 3.67. The van der Waals surface area contributed by atoms with Gasteiger partial charge in [0.15, 0.2) is 0 Å². The second kappa shape index (κ2) is 13.7. The third kappa shape index (κ3) is 9.27. The topological polar surface area (TPSA) is 60.0 Å². The zero-order valence-electron chi connectivity index (χ0n) is 15.6. The van der Waals surface area contributed by atoms with Crippen LogP contribution in [-0.4, -0.2) is 57.1 Å². The lowest BCUT2D eigenvalue weighted by Crippen LogP contribution is -2.37. The van der Waals surface area contributed by atoms with E-state index in [4.69, 9.17) is 14.2 Å². The molecule has 0 radical (unpaired) electrons. The molecule has 1 aromatic rings. The van der Waals surface area contributed by atoms with Crippen molar-refractivity contribution in [3.05, 3.63) is 24.3 Å². The first kappa shape index (κ1) is 22.5. The van der Waals surface area contributed by atoms with Gasteiger partial charge in [-0.3, -0.25) is 10.2 Å². The van der Waals surface area contributed by atoms with Crippen molar-refractivity contribution in [2.75, 3.05) is 51.4 Å². The van der Waals surface area contributed by atoms with Gasteiger partial charge in [0.1, 0.15) is 5.75 Å². The Kier molecular flexibility index (Phi) is 11.9. The van der Waals surface area contributed by atoms with Crippen molar-refractivity contribution >= 4 is 24.2 Å². The van der Waals surface area contributed by atoms with Gasteiger partial charge in [-0.1, -0.05) is 19.8 Å². The number of carbonyl (C=O) groups excluding carboxylic acids is 1. The summed E-state index contributed by atoms with van der Waals surface area (Å²) in [4.78, 5) is 14.0. The number of amides is 1. The lowest BCUT2D eigenvalue weighted by Gasteiger charge is -2.26. The highest BCUT2D eigenvalue weighted by Gasteiger charge is 2.09. The van der Waals surface area contributed by atoms with Crippen LogP contribution < -0.4 is 10.1 Å². The molecule has 1 aliphatic heterocycles. The Morgan fingerprint density at radius 2 is 1.85 bits per heavy atom. The number of benzene rings is 1. The SMILES string of the molecule is CCCCCOC(=O)Nc1ccc(OCCCN2CCOCC2)cc1.Cl. The van der Waals surface area contributed by atoms with E-state index in [2.05, 4.69) is 17.1 Å². The average Bonchev–Trinajstić information content (AvgIpc) is 2.65. The summed E-state index contributed by atoms with van der Waals surface area (Å²) < 4.78 is 16.2. The maximum atomic E-state index is 11.6. The fourth-order valence-corrected chi connectivity index (χ4v) is 2.61. The first-order valence-corrected chi connectivity index (χ1v) is 9.24. The van der Waals surface area contributed by atoms with Crippen LogP contribution in [0.5, 0.6) is 5.75 Å². The highest BCUT2D eigenvalue weighted by molar-refractivity contribution is 5.85. The molecule has 7 heteroatoms. The molecule has 1 saturated heterocycles. The van der Waals surface area contributed by atoms with Crippen LogP contribution in [0, 0.1) is 0 Å². The predicted molar refractivity (Wildman–Crippen MR) is 106 cm³/mol. The number of ether oxygens (including phenoxy) is 3. The zero-order chi connectivity index (χ0) is 17.7. The Hall–Kier alpha value is -1.50. The van der Waals surface area contributed by atoms with Crippen molar-refractivity contribution in [1.82, 2.24) is 4.90 Å². The highest BCUT2D eigenvalue weighted by Crippen LogP contribution is 2.16. The molecule has 1 heterocycles. The maximum Gasteiger partial charge on any atom is 0.411 e. The maximum absolute atomic E-state index is 11.6. The summed E-state index contributed by atoms with van der Waals surface area (Å²) in [5, 5.41) is 2.72. The Labute approximate surface area is 162 Å². The molecule has 148 valence electrons. The van der Waals surface area contributed by atoms with Crippen molar-refractivity contribution < 1.29 is 19.0 Å². The van der Waals surface area contributed by atoms with Gasteiger partial charge in [0, 0.05) is 25.3 Å². The third-order valence-electron chi connectivity index (χ3n) is 4.07. The van der Waals surface area contributed by atoms with E-state index >= 15 is 0 Å². The number of morpholine rings is 1. The minimum Gasteiger partial charge on any atom is -0.494 e. The second-order valence-electron chi connectivity index (χ2n) is 6.15. The minimum atomic E-state index is -0.407. The van der Waals surface area contributed by atoms with Gasteiger partial charge in [-0.25, -0.2) is 4.79 Å². The molecule has 0 aromatic heterocycles. The molecule has 0 aliphatic carbocycles. The van der Waals surface area contributed by atoms with Crippen molar-refractivity contribution in [2.45, 2.75) is 32.6 Å². The van der Waals surface area contributed by atoms with Crippen LogP contribution in [0.2, 0.25) is 0 Å². The van der Waals surface area contributed by atoms with E-state index in [0.717, 1.165) is 64.3 Å². The van der Waals surface area contributed by atoms with Gasteiger partial charge < -0.3 is 14.2 Å². The number of nitrogens with zero attached hydrogens (tertiary/aromatic N) is 1. The lowest BCUT2D eigenvalue weighted by molar-refractivity contribution is 0.0358. The van der Waals surface area contributed by atoms with Crippen LogP contribution in [0.1, 0.15) is 32.6 Å². The van der Waals surface area contributed by atoms with E-state index in [-0.39, 0.29) is 12.4 Å². The van der Waals surface area contributed by atoms with Gasteiger partial charge in [-0.2, -0.15) is 0 Å². The molecular weight excluding hydrogens is 356 g/mol. The average molecular weight is 387 g/mol. The molecule has 0 atom stereocenters. The number of hydrogen-bond acceptors (Lipinski definition) is 5. The molecule has 0 unspecified atom stereocenters. The van der Waals surface area contributed by atoms with Gasteiger partial charge in [-0.05, 0) is 37.1 Å². The largest absolute Gasteiger partial charge is 0.494 e. The van der Waals surface area contributed by atoms with Gasteiger partial charge in [0.2, 0.25) is 0 Å². The second-order valence-corrected chi connectivity index (χ2v) is 6.15. The standard InChI is InChI=1S/C19H30N2O4.ClH/c1-2-3-4-13-25-19(22)20-17-6-8-18(9-7-17)24-14-5-10-21-11-15-23-16-12-21;/h6-9H,2-5,10-16H2,1H3,(H,20,22);1H. The molecular formula is C19H31ClN2O4. The van der Waals surface area contributed by atoms with Crippen LogP contribution in [-0.2, 0) is 9.47 Å². The van der Waals surface area contributed by atoms with E-state index in [1.807, 2.05) is 24.3 Å². The van der Waals surface area contributed by atoms with Crippen LogP contribution in [0.4, 0.5) is 10.5 Å². The molecule has 26 heavy (non-hydrogen) atoms. The molecule has 2 rings (SSSR count). The monoisotopic (exact) mass is 386 g/mol. The van der Waals surface area contributed by atoms with E-state index in [1.165, 1.54) is 0 Å². The van der Waals surface area contributed by atoms with Gasteiger partial charge >= 0.3 is 6.09 Å². The Balaban J connectivity index is 0.00000338. The van der Waals surface area contributed by atoms with E-state index < -0.39 is 6.09 Å². The molecule has 6 nitrogen and oxygen atoms in total. The fraction of sp³-hybridized carbons (Fsp3) is 0.632. The molecule has 0 spiro atoms. The Morgan fingerprint density at radius 1 is 1.12 bits per heavy atom. The van der Waals surface area contributed by atoms with Crippen LogP contribution >= 0.6 is 12.4 Å². The zero-order valence-corrected chi connectivity index (χ0v) is 16.4. The molecule has 1 N–H and O–H groups in total. The summed E-state index contributed by atoms with van der Waals surface area (Å²) in [5.74, 6) is 0.809. The van der Waals surface area contributed by atoms with Gasteiger partial charge in [-0.15, -0.1) is 12.4 Å². The summed E-state index contributed by atoms with van der Waals surface area (Å²) >= 11 is 0. The summed E-state index contributed by atoms with van der Waals surface area (Å²) in [6, 6.07) is 7.37. The van der Waals surface area contributed by atoms with Gasteiger partial charge in [0.05, 0.1) is 26.4 Å². The van der Waals surface area contributed by atoms with E-state index in [9.17, 15) is 4.79 Å². The fourth-order valence-electron chi connectivity index (χ4n) is 2.61. The van der Waals surface area contributed by atoms with E-state index in [0.29, 0.717) is 18.9 Å². The smallest absolute Gasteiger partial charge is 0.411 e. The summed E-state index contributed by atoms with van der Waals surface area (Å²) in [6.45, 7) is 7.98. The van der Waals surface area contributed by atoms with Crippen molar-refractivity contribution in [2.24, 2.45) is 0 Å². The minimum absolute atomic E-state index is 0. The number of hydrogen-bond donors (Lipinski definition) is 1. The van der Waals surface area contributed by atoms with Crippen LogP contribution in [0.15, 0.2) is 24.3 Å². The number of anilines is 1. The van der Waals surface area contributed by atoms with Gasteiger partial charge in [0.25, 0.3) is 0 Å². The number of carbonyl (C=O) groups is 1. The van der Waals surface area contributed by atoms with Crippen molar-refractivity contribution in [3.8, 4) is 5.75 Å². The molecule has 0 saturated carbocycles. The van der Waals surface area contributed by atoms with Crippen LogP contribution in [0.25, 0.3) is 0 Å². The predicted octanol–water partition coefficient (Wildman–Crippen LogP) is 3.95. The normalized spacial score (nSPS) is 14.3. The number of nitrogens with one attached hydrogen (secondary N) is 1. The highest BCUT2D eigenvalue weighted by atomic mass is 35.5. The third-order valence-corrected chi connectivity index (χ3v) is 4.07. The molecule has 1 amide bonds. The van der Waals surface area contributed by atoms with Crippen LogP contribution in [0.3, 0.4) is 0 Å². The Morgan fingerprint density at radius 3 is 2.54 bits per heavy atom. The molecule has 1 aliphatic rings. The number of halogens is 1. The molecule has 0 bridgehead atoms. The van der Waals surface area contributed by atoms with E-state index in [1.54, 1.807) is 0 Å². The first-order valence-electron chi connectivity index (χ1n) is 9.24. The van der Waals surface area contributed by atoms with Crippen molar-refractivity contribution in [1.29, 1.82) is 0 Å². The summed E-state index contributed by atoms with van der Waals surface area (Å²) in [5.41, 5.74) is 0.709. The number of unbranched alkanes of at least 4 members (excludes halogenated alkanes) is 2. The molecule has 1 fully saturated rings. The number of rotatable bonds is 10.